The number of hydrogen-bond donors (Lipinski definition) is 0. The molecule has 0 fully saturated rings. The summed E-state index contributed by atoms with van der Waals surface area (Å²) in [6.07, 6.45) is 5.54. The molecule has 5 rings (SSSR count). The maximum absolute atomic E-state index is 4.67. The number of fused-ring (bicyclic) bond motifs is 5. The van der Waals surface area contributed by atoms with Gasteiger partial charge in [0.15, 0.2) is 0 Å². The van der Waals surface area contributed by atoms with Gasteiger partial charge in [0.05, 0.1) is 0 Å². The van der Waals surface area contributed by atoms with Gasteiger partial charge in [-0.2, -0.15) is 0 Å². The summed E-state index contributed by atoms with van der Waals surface area (Å²) in [5.74, 6) is 0.416. The van der Waals surface area contributed by atoms with Gasteiger partial charge in [0.25, 0.3) is 0 Å². The van der Waals surface area contributed by atoms with E-state index in [0.717, 1.165) is 0 Å². The smallest absolute Gasteiger partial charge is 0.0478 e. The Morgan fingerprint density at radius 1 is 0.750 bits per heavy atom. The number of benzene rings is 3. The minimum absolute atomic E-state index is 0.416. The van der Waals surface area contributed by atoms with Crippen molar-refractivity contribution in [2.24, 2.45) is 0 Å². The molecule has 0 bridgehead atoms. The number of pyridine rings is 1. The maximum Gasteiger partial charge on any atom is 0.0478 e. The Balaban J connectivity index is 1.83. The largest absolute Gasteiger partial charge is 0.261 e. The molecule has 0 saturated carbocycles. The first-order valence-electron chi connectivity index (χ1n) is 8.76. The van der Waals surface area contributed by atoms with Gasteiger partial charge in [-0.3, -0.25) is 4.98 Å². The maximum atomic E-state index is 4.67. The van der Waals surface area contributed by atoms with Gasteiger partial charge in [-0.15, -0.1) is 0 Å². The van der Waals surface area contributed by atoms with Crippen LogP contribution < -0.4 is 0 Å². The van der Waals surface area contributed by atoms with E-state index in [0.29, 0.717) is 5.92 Å². The molecule has 1 heteroatoms. The first kappa shape index (κ1) is 13.7. The Labute approximate surface area is 142 Å². The van der Waals surface area contributed by atoms with E-state index in [1.165, 1.54) is 57.6 Å². The third-order valence-electron chi connectivity index (χ3n) is 5.39. The standard InChI is InChI=1S/C23H19N/c1-2-8-18-16(6-1)11-14-20-19(18)13-12-17-7-5-9-21(23(17)20)22-10-3-4-15-24-22/h1-4,6,8,10-15,21H,5,7,9H2. The third-order valence-corrected chi connectivity index (χ3v) is 5.39. The van der Waals surface area contributed by atoms with Crippen molar-refractivity contribution >= 4 is 21.5 Å². The molecule has 1 atom stereocenters. The molecule has 0 N–H and O–H groups in total. The van der Waals surface area contributed by atoms with Crippen molar-refractivity contribution in [2.45, 2.75) is 25.2 Å². The van der Waals surface area contributed by atoms with Crippen LogP contribution in [-0.2, 0) is 6.42 Å². The highest BCUT2D eigenvalue weighted by Crippen LogP contribution is 2.41. The lowest BCUT2D eigenvalue weighted by Crippen LogP contribution is -2.12. The highest BCUT2D eigenvalue weighted by atomic mass is 14.7. The fourth-order valence-electron chi connectivity index (χ4n) is 4.31. The second kappa shape index (κ2) is 5.45. The quantitative estimate of drug-likeness (QED) is 0.401. The molecular weight excluding hydrogens is 290 g/mol. The molecule has 0 saturated heterocycles. The van der Waals surface area contributed by atoms with E-state index in [2.05, 4.69) is 65.6 Å². The SMILES string of the molecule is c1ccc(C2CCCc3ccc4c(ccc5ccccc54)c32)nc1. The highest BCUT2D eigenvalue weighted by molar-refractivity contribution is 6.09. The van der Waals surface area contributed by atoms with Gasteiger partial charge in [-0.25, -0.2) is 0 Å². The van der Waals surface area contributed by atoms with Crippen LogP contribution in [0.3, 0.4) is 0 Å². The van der Waals surface area contributed by atoms with E-state index in [1.807, 2.05) is 12.3 Å². The molecule has 1 aliphatic carbocycles. The summed E-state index contributed by atoms with van der Waals surface area (Å²) < 4.78 is 0. The summed E-state index contributed by atoms with van der Waals surface area (Å²) in [4.78, 5) is 4.67. The average Bonchev–Trinajstić information content (AvgIpc) is 2.67. The summed E-state index contributed by atoms with van der Waals surface area (Å²) in [6.45, 7) is 0. The first-order valence-corrected chi connectivity index (χ1v) is 8.76. The molecule has 0 aliphatic heterocycles. The molecule has 0 spiro atoms. The molecule has 1 aromatic heterocycles. The lowest BCUT2D eigenvalue weighted by molar-refractivity contribution is 0.609. The van der Waals surface area contributed by atoms with Crippen LogP contribution in [0.25, 0.3) is 21.5 Å². The van der Waals surface area contributed by atoms with Gasteiger partial charge in [-0.1, -0.05) is 54.6 Å². The van der Waals surface area contributed by atoms with Crippen LogP contribution >= 0.6 is 0 Å². The molecule has 0 amide bonds. The predicted molar refractivity (Wildman–Crippen MR) is 100 cm³/mol. The second-order valence-corrected chi connectivity index (χ2v) is 6.72. The van der Waals surface area contributed by atoms with Crippen LogP contribution in [0.4, 0.5) is 0 Å². The van der Waals surface area contributed by atoms with Crippen molar-refractivity contribution in [2.75, 3.05) is 0 Å². The molecule has 1 aliphatic rings. The Bertz CT molecular complexity index is 1030. The van der Waals surface area contributed by atoms with Gasteiger partial charge in [0.2, 0.25) is 0 Å². The molecular formula is C23H19N. The summed E-state index contributed by atoms with van der Waals surface area (Å²) in [5.41, 5.74) is 4.21. The minimum atomic E-state index is 0.416. The van der Waals surface area contributed by atoms with Crippen LogP contribution in [0.2, 0.25) is 0 Å². The van der Waals surface area contributed by atoms with Crippen molar-refractivity contribution < 1.29 is 0 Å². The normalized spacial score (nSPS) is 17.1. The van der Waals surface area contributed by atoms with Crippen molar-refractivity contribution in [3.05, 3.63) is 89.7 Å². The Hall–Kier alpha value is -2.67. The fraction of sp³-hybridized carbons (Fsp3) is 0.174. The molecule has 1 unspecified atom stereocenters. The van der Waals surface area contributed by atoms with E-state index >= 15 is 0 Å². The van der Waals surface area contributed by atoms with Crippen molar-refractivity contribution in [1.29, 1.82) is 0 Å². The molecule has 1 nitrogen and oxygen atoms in total. The van der Waals surface area contributed by atoms with Gasteiger partial charge < -0.3 is 0 Å². The molecule has 24 heavy (non-hydrogen) atoms. The zero-order valence-corrected chi connectivity index (χ0v) is 13.6. The molecule has 1 heterocycles. The van der Waals surface area contributed by atoms with Gasteiger partial charge in [-0.05, 0) is 64.1 Å². The average molecular weight is 309 g/mol. The predicted octanol–water partition coefficient (Wildman–Crippen LogP) is 5.86. The summed E-state index contributed by atoms with van der Waals surface area (Å²) in [5, 5.41) is 5.44. The van der Waals surface area contributed by atoms with Crippen LogP contribution in [0, 0.1) is 0 Å². The van der Waals surface area contributed by atoms with E-state index in [9.17, 15) is 0 Å². The molecule has 116 valence electrons. The number of aryl methyl sites for hydroxylation is 1. The summed E-state index contributed by atoms with van der Waals surface area (Å²) in [6, 6.07) is 24.2. The Kier molecular flexibility index (Phi) is 3.12. The molecule has 4 aromatic rings. The topological polar surface area (TPSA) is 12.9 Å². The number of rotatable bonds is 1. The molecule has 3 aromatic carbocycles. The minimum Gasteiger partial charge on any atom is -0.261 e. The number of aromatic nitrogens is 1. The number of hydrogen-bond acceptors (Lipinski definition) is 1. The van der Waals surface area contributed by atoms with Crippen LogP contribution in [0.1, 0.15) is 35.6 Å². The lowest BCUT2D eigenvalue weighted by atomic mass is 9.78. The first-order chi connectivity index (χ1) is 11.9. The summed E-state index contributed by atoms with van der Waals surface area (Å²) in [7, 11) is 0. The monoisotopic (exact) mass is 309 g/mol. The molecule has 0 radical (unpaired) electrons. The van der Waals surface area contributed by atoms with E-state index in [4.69, 9.17) is 0 Å². The third kappa shape index (κ3) is 2.05. The zero-order chi connectivity index (χ0) is 15.9. The Morgan fingerprint density at radius 3 is 2.54 bits per heavy atom. The van der Waals surface area contributed by atoms with E-state index in [-0.39, 0.29) is 0 Å². The van der Waals surface area contributed by atoms with Crippen LogP contribution in [0.15, 0.2) is 72.9 Å². The van der Waals surface area contributed by atoms with Gasteiger partial charge >= 0.3 is 0 Å². The summed E-state index contributed by atoms with van der Waals surface area (Å²) >= 11 is 0. The van der Waals surface area contributed by atoms with E-state index in [1.54, 1.807) is 0 Å². The van der Waals surface area contributed by atoms with Gasteiger partial charge in [0, 0.05) is 17.8 Å². The number of nitrogens with zero attached hydrogens (tertiary/aromatic N) is 1. The van der Waals surface area contributed by atoms with Crippen molar-refractivity contribution in [1.82, 2.24) is 4.98 Å². The van der Waals surface area contributed by atoms with Crippen molar-refractivity contribution in [3.63, 3.8) is 0 Å². The highest BCUT2D eigenvalue weighted by Gasteiger charge is 2.25. The fourth-order valence-corrected chi connectivity index (χ4v) is 4.31. The van der Waals surface area contributed by atoms with Crippen LogP contribution in [0.5, 0.6) is 0 Å². The van der Waals surface area contributed by atoms with Crippen LogP contribution in [-0.4, -0.2) is 4.98 Å². The lowest BCUT2D eigenvalue weighted by Gasteiger charge is -2.27. The van der Waals surface area contributed by atoms with Gasteiger partial charge in [0.1, 0.15) is 0 Å². The second-order valence-electron chi connectivity index (χ2n) is 6.72. The Morgan fingerprint density at radius 2 is 1.62 bits per heavy atom. The van der Waals surface area contributed by atoms with Crippen molar-refractivity contribution in [3.8, 4) is 0 Å². The zero-order valence-electron chi connectivity index (χ0n) is 13.6. The van der Waals surface area contributed by atoms with E-state index < -0.39 is 0 Å².